The number of anilines is 2. The van der Waals surface area contributed by atoms with E-state index < -0.39 is 0 Å². The van der Waals surface area contributed by atoms with Crippen molar-refractivity contribution in [2.75, 3.05) is 11.5 Å². The van der Waals surface area contributed by atoms with Crippen molar-refractivity contribution >= 4 is 11.5 Å². The Labute approximate surface area is 99.2 Å². The topological polar surface area (TPSA) is 74.2 Å². The maximum atomic E-state index is 5.93. The van der Waals surface area contributed by atoms with Crippen LogP contribution in [0.4, 0.5) is 11.5 Å². The molecular weight excluding hydrogens is 214 g/mol. The molecule has 1 aliphatic rings. The van der Waals surface area contributed by atoms with E-state index in [9.17, 15) is 0 Å². The van der Waals surface area contributed by atoms with Gasteiger partial charge in [0.15, 0.2) is 0 Å². The zero-order valence-corrected chi connectivity index (χ0v) is 9.53. The van der Waals surface area contributed by atoms with E-state index in [4.69, 9.17) is 16.2 Å². The predicted molar refractivity (Wildman–Crippen MR) is 67.1 cm³/mol. The van der Waals surface area contributed by atoms with Crippen LogP contribution in [0.15, 0.2) is 24.3 Å². The molecule has 0 unspecified atom stereocenters. The van der Waals surface area contributed by atoms with Gasteiger partial charge < -0.3 is 16.2 Å². The van der Waals surface area contributed by atoms with Crippen molar-refractivity contribution in [3.63, 3.8) is 0 Å². The van der Waals surface area contributed by atoms with Crippen LogP contribution in [0.5, 0.6) is 11.6 Å². The first-order chi connectivity index (χ1) is 8.13. The highest BCUT2D eigenvalue weighted by atomic mass is 16.5. The lowest BCUT2D eigenvalue weighted by atomic mass is 10.00. The Morgan fingerprint density at radius 3 is 2.88 bits per heavy atom. The van der Waals surface area contributed by atoms with Crippen molar-refractivity contribution in [2.45, 2.75) is 13.3 Å². The summed E-state index contributed by atoms with van der Waals surface area (Å²) in [5, 5.41) is 0. The van der Waals surface area contributed by atoms with Crippen LogP contribution in [0.1, 0.15) is 16.7 Å². The highest BCUT2D eigenvalue weighted by Crippen LogP contribution is 2.38. The first-order valence-electron chi connectivity index (χ1n) is 5.46. The Bertz CT molecular complexity index is 608. The summed E-state index contributed by atoms with van der Waals surface area (Å²) >= 11 is 0. The van der Waals surface area contributed by atoms with Crippen molar-refractivity contribution in [3.8, 4) is 11.6 Å². The van der Waals surface area contributed by atoms with Gasteiger partial charge in [0.05, 0.1) is 0 Å². The van der Waals surface area contributed by atoms with Crippen molar-refractivity contribution in [1.29, 1.82) is 0 Å². The number of rotatable bonds is 0. The van der Waals surface area contributed by atoms with E-state index in [0.717, 1.165) is 28.9 Å². The lowest BCUT2D eigenvalue weighted by molar-refractivity contribution is 0.442. The normalized spacial score (nSPS) is 12.5. The molecule has 1 aromatic carbocycles. The lowest BCUT2D eigenvalue weighted by Gasteiger charge is -2.21. The minimum Gasteiger partial charge on any atom is -0.438 e. The van der Waals surface area contributed by atoms with Crippen LogP contribution in [0.3, 0.4) is 0 Å². The van der Waals surface area contributed by atoms with Gasteiger partial charge in [0.1, 0.15) is 11.6 Å². The Morgan fingerprint density at radius 2 is 2.06 bits per heavy atom. The zero-order valence-electron chi connectivity index (χ0n) is 9.53. The first-order valence-corrected chi connectivity index (χ1v) is 5.46. The molecule has 17 heavy (non-hydrogen) atoms. The van der Waals surface area contributed by atoms with Crippen LogP contribution in [0.2, 0.25) is 0 Å². The molecule has 1 aromatic heterocycles. The molecule has 0 radical (unpaired) electrons. The van der Waals surface area contributed by atoms with Gasteiger partial charge in [0, 0.05) is 23.7 Å². The number of benzene rings is 1. The van der Waals surface area contributed by atoms with Crippen molar-refractivity contribution in [1.82, 2.24) is 4.98 Å². The maximum absolute atomic E-state index is 5.93. The molecule has 2 heterocycles. The van der Waals surface area contributed by atoms with Gasteiger partial charge >= 0.3 is 0 Å². The van der Waals surface area contributed by atoms with E-state index in [2.05, 4.69) is 17.1 Å². The summed E-state index contributed by atoms with van der Waals surface area (Å²) in [4.78, 5) is 4.18. The highest BCUT2D eigenvalue weighted by molar-refractivity contribution is 5.62. The third-order valence-electron chi connectivity index (χ3n) is 2.94. The monoisotopic (exact) mass is 227 g/mol. The lowest BCUT2D eigenvalue weighted by Crippen LogP contribution is -2.09. The fourth-order valence-corrected chi connectivity index (χ4v) is 2.05. The molecule has 86 valence electrons. The first kappa shape index (κ1) is 9.96. The Balaban J connectivity index is 2.14. The molecule has 0 saturated heterocycles. The van der Waals surface area contributed by atoms with Gasteiger partial charge in [-0.2, -0.15) is 4.98 Å². The summed E-state index contributed by atoms with van der Waals surface area (Å²) in [6, 6.07) is 7.79. The molecular formula is C13H13N3O. The molecule has 0 saturated carbocycles. The van der Waals surface area contributed by atoms with E-state index in [1.165, 1.54) is 0 Å². The number of nitrogens with zero attached hydrogens (tertiary/aromatic N) is 1. The Morgan fingerprint density at radius 1 is 1.24 bits per heavy atom. The third kappa shape index (κ3) is 1.58. The number of pyridine rings is 1. The smallest absolute Gasteiger partial charge is 0.226 e. The maximum Gasteiger partial charge on any atom is 0.226 e. The Kier molecular flexibility index (Phi) is 1.98. The van der Waals surface area contributed by atoms with Crippen LogP contribution in [-0.4, -0.2) is 4.98 Å². The van der Waals surface area contributed by atoms with Gasteiger partial charge in [-0.25, -0.2) is 0 Å². The minimum absolute atomic E-state index is 0.386. The molecule has 0 atom stereocenters. The fourth-order valence-electron chi connectivity index (χ4n) is 2.05. The molecule has 0 bridgehead atoms. The number of fused-ring (bicyclic) bond motifs is 2. The second-order valence-corrected chi connectivity index (χ2v) is 4.31. The van der Waals surface area contributed by atoms with E-state index in [1.807, 2.05) is 13.0 Å². The summed E-state index contributed by atoms with van der Waals surface area (Å²) in [5.74, 6) is 1.76. The van der Waals surface area contributed by atoms with Gasteiger partial charge in [0.2, 0.25) is 5.88 Å². The molecule has 0 aliphatic carbocycles. The largest absolute Gasteiger partial charge is 0.438 e. The number of nitrogen functional groups attached to an aromatic ring is 2. The second-order valence-electron chi connectivity index (χ2n) is 4.31. The average Bonchev–Trinajstić information content (AvgIpc) is 2.26. The molecule has 2 aromatic rings. The van der Waals surface area contributed by atoms with Crippen LogP contribution in [0.25, 0.3) is 0 Å². The van der Waals surface area contributed by atoms with Crippen LogP contribution < -0.4 is 16.2 Å². The number of hydrogen-bond acceptors (Lipinski definition) is 4. The van der Waals surface area contributed by atoms with Crippen LogP contribution >= 0.6 is 0 Å². The molecule has 0 spiro atoms. The molecule has 1 aliphatic heterocycles. The number of aromatic nitrogens is 1. The number of ether oxygens (including phenoxy) is 1. The highest BCUT2D eigenvalue weighted by Gasteiger charge is 2.20. The summed E-state index contributed by atoms with van der Waals surface area (Å²) in [6.45, 7) is 2.03. The molecule has 0 fully saturated rings. The van der Waals surface area contributed by atoms with E-state index >= 15 is 0 Å². The minimum atomic E-state index is 0.386. The summed E-state index contributed by atoms with van der Waals surface area (Å²) in [5.41, 5.74) is 15.4. The van der Waals surface area contributed by atoms with Crippen molar-refractivity contribution < 1.29 is 4.74 Å². The molecule has 4 heteroatoms. The van der Waals surface area contributed by atoms with Gasteiger partial charge in [-0.05, 0) is 24.1 Å². The number of aryl methyl sites for hydroxylation is 1. The predicted octanol–water partition coefficient (Wildman–Crippen LogP) is 2.25. The molecule has 4 nitrogen and oxygen atoms in total. The van der Waals surface area contributed by atoms with Gasteiger partial charge in [-0.15, -0.1) is 0 Å². The molecule has 0 amide bonds. The molecule has 3 rings (SSSR count). The third-order valence-corrected chi connectivity index (χ3v) is 2.94. The average molecular weight is 227 g/mol. The Hall–Kier alpha value is -2.23. The van der Waals surface area contributed by atoms with E-state index in [-0.39, 0.29) is 0 Å². The second kappa shape index (κ2) is 3.38. The van der Waals surface area contributed by atoms with Crippen molar-refractivity contribution in [2.24, 2.45) is 0 Å². The van der Waals surface area contributed by atoms with E-state index in [0.29, 0.717) is 17.4 Å². The zero-order chi connectivity index (χ0) is 12.0. The SMILES string of the molecule is Cc1ccc2c(c1)Oc1nc(N)cc(N)c1C2. The quantitative estimate of drug-likeness (QED) is 0.617. The summed E-state index contributed by atoms with van der Waals surface area (Å²) in [6.07, 6.45) is 0.740. The van der Waals surface area contributed by atoms with Gasteiger partial charge in [-0.3, -0.25) is 0 Å². The van der Waals surface area contributed by atoms with Crippen molar-refractivity contribution in [3.05, 3.63) is 41.0 Å². The van der Waals surface area contributed by atoms with E-state index in [1.54, 1.807) is 6.07 Å². The molecule has 4 N–H and O–H groups in total. The standard InChI is InChI=1S/C13H13N3O/c1-7-2-3-8-5-9-10(14)6-12(15)16-13(9)17-11(8)4-7/h2-4,6H,5H2,1H3,(H4,14,15,16). The fraction of sp³-hybridized carbons (Fsp3) is 0.154. The van der Waals surface area contributed by atoms with Crippen LogP contribution in [-0.2, 0) is 6.42 Å². The van der Waals surface area contributed by atoms with Crippen LogP contribution in [0, 0.1) is 6.92 Å². The summed E-state index contributed by atoms with van der Waals surface area (Å²) < 4.78 is 5.75. The van der Waals surface area contributed by atoms with Gasteiger partial charge in [-0.1, -0.05) is 12.1 Å². The van der Waals surface area contributed by atoms with Gasteiger partial charge in [0.25, 0.3) is 0 Å². The number of nitrogens with two attached hydrogens (primary N) is 2. The number of hydrogen-bond donors (Lipinski definition) is 2. The summed E-state index contributed by atoms with van der Waals surface area (Å²) in [7, 11) is 0.